The van der Waals surface area contributed by atoms with Gasteiger partial charge in [-0.25, -0.2) is 8.42 Å². The summed E-state index contributed by atoms with van der Waals surface area (Å²) in [5.41, 5.74) is 2.09. The first-order valence-corrected chi connectivity index (χ1v) is 9.04. The maximum atomic E-state index is 12.6. The van der Waals surface area contributed by atoms with Crippen molar-refractivity contribution in [1.82, 2.24) is 0 Å². The second-order valence-electron chi connectivity index (χ2n) is 5.75. The molecule has 0 unspecified atom stereocenters. The van der Waals surface area contributed by atoms with E-state index < -0.39 is 25.9 Å². The van der Waals surface area contributed by atoms with Crippen LogP contribution in [0.4, 0.5) is 11.4 Å². The number of carbonyl (C=O) groups is 1. The van der Waals surface area contributed by atoms with Gasteiger partial charge in [-0.15, -0.1) is 0 Å². The number of nitro groups is 1. The molecule has 0 aliphatic rings. The van der Waals surface area contributed by atoms with E-state index in [-0.39, 0.29) is 10.6 Å². The molecule has 0 radical (unpaired) electrons. The molecule has 1 amide bonds. The molecule has 0 aromatic heterocycles. The van der Waals surface area contributed by atoms with E-state index in [0.717, 1.165) is 35.4 Å². The Morgan fingerprint density at radius 2 is 1.72 bits per heavy atom. The van der Waals surface area contributed by atoms with E-state index in [2.05, 4.69) is 5.32 Å². The van der Waals surface area contributed by atoms with Gasteiger partial charge in [0.05, 0.1) is 9.82 Å². The number of sulfone groups is 1. The summed E-state index contributed by atoms with van der Waals surface area (Å²) >= 11 is 0. The average molecular weight is 362 g/mol. The van der Waals surface area contributed by atoms with Crippen LogP contribution >= 0.6 is 0 Å². The van der Waals surface area contributed by atoms with Crippen LogP contribution in [-0.4, -0.2) is 24.5 Å². The van der Waals surface area contributed by atoms with Crippen LogP contribution in [-0.2, 0) is 14.6 Å². The van der Waals surface area contributed by atoms with Gasteiger partial charge >= 0.3 is 0 Å². The summed E-state index contributed by atoms with van der Waals surface area (Å²) < 4.78 is 25.1. The van der Waals surface area contributed by atoms with Crippen LogP contribution < -0.4 is 5.32 Å². The summed E-state index contributed by atoms with van der Waals surface area (Å²) in [6, 6.07) is 9.95. The predicted octanol–water partition coefficient (Wildman–Crippen LogP) is 3.01. The third kappa shape index (κ3) is 4.03. The van der Waals surface area contributed by atoms with Gasteiger partial charge in [0, 0.05) is 17.8 Å². The van der Waals surface area contributed by atoms with Gasteiger partial charge in [0.1, 0.15) is 5.25 Å². The highest BCUT2D eigenvalue weighted by molar-refractivity contribution is 7.92. The van der Waals surface area contributed by atoms with Gasteiger partial charge in [0.2, 0.25) is 5.91 Å². The number of aryl methyl sites for hydroxylation is 2. The van der Waals surface area contributed by atoms with E-state index in [1.807, 2.05) is 26.0 Å². The van der Waals surface area contributed by atoms with Crippen LogP contribution in [0.15, 0.2) is 47.4 Å². The Bertz CT molecular complexity index is 921. The monoisotopic (exact) mass is 362 g/mol. The quantitative estimate of drug-likeness (QED) is 0.650. The average Bonchev–Trinajstić information content (AvgIpc) is 2.57. The Hall–Kier alpha value is -2.74. The number of nitrogens with one attached hydrogen (secondary N) is 1. The van der Waals surface area contributed by atoms with E-state index in [1.54, 1.807) is 6.07 Å². The third-order valence-electron chi connectivity index (χ3n) is 3.86. The second kappa shape index (κ2) is 7.02. The Labute approximate surface area is 145 Å². The summed E-state index contributed by atoms with van der Waals surface area (Å²) in [4.78, 5) is 22.3. The van der Waals surface area contributed by atoms with Crippen molar-refractivity contribution in [2.24, 2.45) is 0 Å². The fourth-order valence-corrected chi connectivity index (χ4v) is 3.47. The van der Waals surface area contributed by atoms with Gasteiger partial charge in [-0.1, -0.05) is 12.1 Å². The van der Waals surface area contributed by atoms with Crippen molar-refractivity contribution in [3.63, 3.8) is 0 Å². The molecule has 2 aromatic rings. The summed E-state index contributed by atoms with van der Waals surface area (Å²) in [6.45, 7) is 4.97. The molecule has 0 saturated carbocycles. The van der Waals surface area contributed by atoms with Gasteiger partial charge < -0.3 is 5.32 Å². The number of anilines is 1. The fraction of sp³-hybridized carbons (Fsp3) is 0.235. The van der Waals surface area contributed by atoms with Gasteiger partial charge in [-0.05, 0) is 50.1 Å². The Kier molecular flexibility index (Phi) is 5.22. The molecule has 8 heteroatoms. The summed E-state index contributed by atoms with van der Waals surface area (Å²) in [7, 11) is -3.96. The van der Waals surface area contributed by atoms with Crippen molar-refractivity contribution >= 4 is 27.1 Å². The first-order chi connectivity index (χ1) is 11.6. The van der Waals surface area contributed by atoms with E-state index in [1.165, 1.54) is 6.92 Å². The molecule has 0 aliphatic carbocycles. The number of hydrogen-bond donors (Lipinski definition) is 1. The molecule has 2 aromatic carbocycles. The second-order valence-corrected chi connectivity index (χ2v) is 8.01. The molecule has 132 valence electrons. The summed E-state index contributed by atoms with van der Waals surface area (Å²) in [6.07, 6.45) is 0. The van der Waals surface area contributed by atoms with Crippen LogP contribution in [0, 0.1) is 24.0 Å². The minimum absolute atomic E-state index is 0.137. The molecule has 0 heterocycles. The van der Waals surface area contributed by atoms with E-state index in [4.69, 9.17) is 0 Å². The van der Waals surface area contributed by atoms with Crippen molar-refractivity contribution < 1.29 is 18.1 Å². The molecular formula is C17H18N2O5S. The molecule has 0 aliphatic heterocycles. The molecule has 0 fully saturated rings. The molecule has 0 saturated heterocycles. The molecular weight excluding hydrogens is 344 g/mol. The van der Waals surface area contributed by atoms with Crippen LogP contribution in [0.25, 0.3) is 0 Å². The van der Waals surface area contributed by atoms with E-state index >= 15 is 0 Å². The highest BCUT2D eigenvalue weighted by Gasteiger charge is 2.30. The van der Waals surface area contributed by atoms with Crippen molar-refractivity contribution in [2.45, 2.75) is 30.9 Å². The first kappa shape index (κ1) is 18.6. The number of hydrogen-bond acceptors (Lipinski definition) is 5. The highest BCUT2D eigenvalue weighted by Crippen LogP contribution is 2.22. The summed E-state index contributed by atoms with van der Waals surface area (Å²) in [5.74, 6) is -0.660. The molecule has 0 bridgehead atoms. The maximum absolute atomic E-state index is 12.6. The number of rotatable bonds is 5. The lowest BCUT2D eigenvalue weighted by Gasteiger charge is -2.15. The zero-order chi connectivity index (χ0) is 18.8. The molecule has 1 N–H and O–H groups in total. The molecule has 1 atom stereocenters. The van der Waals surface area contributed by atoms with E-state index in [9.17, 15) is 23.3 Å². The van der Waals surface area contributed by atoms with Crippen LogP contribution in [0.5, 0.6) is 0 Å². The number of amides is 1. The fourth-order valence-electron chi connectivity index (χ4n) is 2.21. The van der Waals surface area contributed by atoms with Crippen LogP contribution in [0.2, 0.25) is 0 Å². The molecule has 7 nitrogen and oxygen atoms in total. The van der Waals surface area contributed by atoms with Gasteiger partial charge in [-0.2, -0.15) is 0 Å². The van der Waals surface area contributed by atoms with Crippen molar-refractivity contribution in [1.29, 1.82) is 0 Å². The van der Waals surface area contributed by atoms with Crippen molar-refractivity contribution in [2.75, 3.05) is 5.32 Å². The van der Waals surface area contributed by atoms with Gasteiger partial charge in [-0.3, -0.25) is 14.9 Å². The summed E-state index contributed by atoms with van der Waals surface area (Å²) in [5, 5.41) is 11.9. The van der Waals surface area contributed by atoms with Crippen LogP contribution in [0.3, 0.4) is 0 Å². The zero-order valence-corrected chi connectivity index (χ0v) is 14.8. The predicted molar refractivity (Wildman–Crippen MR) is 94.3 cm³/mol. The number of nitrogens with zero attached hydrogens (tertiary/aromatic N) is 1. The zero-order valence-electron chi connectivity index (χ0n) is 14.0. The number of benzene rings is 2. The SMILES string of the molecule is Cc1ccc(C)c(NC(=O)[C@H](C)S(=O)(=O)c2ccc([N+](=O)[O-])cc2)c1. The topological polar surface area (TPSA) is 106 Å². The lowest BCUT2D eigenvalue weighted by molar-refractivity contribution is -0.384. The largest absolute Gasteiger partial charge is 0.325 e. The normalized spacial score (nSPS) is 12.4. The Balaban J connectivity index is 2.25. The minimum Gasteiger partial charge on any atom is -0.325 e. The molecule has 0 spiro atoms. The Morgan fingerprint density at radius 1 is 1.12 bits per heavy atom. The Morgan fingerprint density at radius 3 is 2.28 bits per heavy atom. The van der Waals surface area contributed by atoms with Crippen molar-refractivity contribution in [3.05, 3.63) is 63.7 Å². The van der Waals surface area contributed by atoms with Crippen molar-refractivity contribution in [3.8, 4) is 0 Å². The van der Waals surface area contributed by atoms with Gasteiger partial charge in [0.15, 0.2) is 9.84 Å². The smallest absolute Gasteiger partial charge is 0.269 e. The molecule has 2 rings (SSSR count). The van der Waals surface area contributed by atoms with Crippen LogP contribution in [0.1, 0.15) is 18.1 Å². The minimum atomic E-state index is -3.96. The number of nitro benzene ring substituents is 1. The third-order valence-corrected chi connectivity index (χ3v) is 5.94. The standard InChI is InChI=1S/C17H18N2O5S/c1-11-4-5-12(2)16(10-11)18-17(20)13(3)25(23,24)15-8-6-14(7-9-15)19(21)22/h4-10,13H,1-3H3,(H,18,20)/t13-/m0/s1. The number of non-ortho nitro benzene ring substituents is 1. The lowest BCUT2D eigenvalue weighted by Crippen LogP contribution is -2.32. The van der Waals surface area contributed by atoms with Gasteiger partial charge in [0.25, 0.3) is 5.69 Å². The first-order valence-electron chi connectivity index (χ1n) is 7.49. The maximum Gasteiger partial charge on any atom is 0.269 e. The lowest BCUT2D eigenvalue weighted by atomic mass is 10.1. The highest BCUT2D eigenvalue weighted by atomic mass is 32.2. The molecule has 25 heavy (non-hydrogen) atoms. The van der Waals surface area contributed by atoms with E-state index in [0.29, 0.717) is 5.69 Å². The number of carbonyl (C=O) groups excluding carboxylic acids is 1.